The molecule has 0 heterocycles. The summed E-state index contributed by atoms with van der Waals surface area (Å²) in [7, 11) is 0. The molecule has 2 heteroatoms. The Bertz CT molecular complexity index is 279. The molecule has 0 aromatic rings. The van der Waals surface area contributed by atoms with Gasteiger partial charge < -0.3 is 10.5 Å². The standard InChI is InChI=1S/C19H37NO/c1-5-9-17(16(4)13-20)12-19(6-2)21-14-18-11-8-7-10-15(18)3/h6,15-19H,2,5,7-14,20H2,1,3-4H3/t15?,16-,17?,18?,19?/m0/s1. The third-order valence-electron chi connectivity index (χ3n) is 5.45. The molecule has 0 bridgehead atoms. The van der Waals surface area contributed by atoms with Crippen LogP contribution in [0.2, 0.25) is 0 Å². The minimum absolute atomic E-state index is 0.199. The van der Waals surface area contributed by atoms with E-state index >= 15 is 0 Å². The highest BCUT2D eigenvalue weighted by Crippen LogP contribution is 2.31. The summed E-state index contributed by atoms with van der Waals surface area (Å²) >= 11 is 0. The van der Waals surface area contributed by atoms with Crippen molar-refractivity contribution in [2.75, 3.05) is 13.2 Å². The average Bonchev–Trinajstić information content (AvgIpc) is 2.51. The Hall–Kier alpha value is -0.340. The Morgan fingerprint density at radius 1 is 1.33 bits per heavy atom. The van der Waals surface area contributed by atoms with Gasteiger partial charge in [0.05, 0.1) is 12.7 Å². The minimum Gasteiger partial charge on any atom is -0.374 e. The van der Waals surface area contributed by atoms with E-state index in [0.717, 1.165) is 31.4 Å². The van der Waals surface area contributed by atoms with Crippen LogP contribution < -0.4 is 5.73 Å². The zero-order valence-corrected chi connectivity index (χ0v) is 14.5. The number of hydrogen-bond donors (Lipinski definition) is 1. The van der Waals surface area contributed by atoms with E-state index in [0.29, 0.717) is 11.8 Å². The maximum Gasteiger partial charge on any atom is 0.0756 e. The van der Waals surface area contributed by atoms with Gasteiger partial charge in [-0.05, 0) is 43.1 Å². The molecular formula is C19H37NO. The summed E-state index contributed by atoms with van der Waals surface area (Å²) in [5.74, 6) is 2.80. The van der Waals surface area contributed by atoms with E-state index in [9.17, 15) is 0 Å². The Morgan fingerprint density at radius 3 is 2.62 bits per heavy atom. The molecule has 2 nitrogen and oxygen atoms in total. The first kappa shape index (κ1) is 18.7. The van der Waals surface area contributed by atoms with Crippen molar-refractivity contribution in [2.24, 2.45) is 29.4 Å². The van der Waals surface area contributed by atoms with E-state index in [1.807, 2.05) is 6.08 Å². The summed E-state index contributed by atoms with van der Waals surface area (Å²) < 4.78 is 6.21. The van der Waals surface area contributed by atoms with Crippen molar-refractivity contribution in [3.05, 3.63) is 12.7 Å². The first-order chi connectivity index (χ1) is 10.1. The van der Waals surface area contributed by atoms with E-state index in [1.165, 1.54) is 38.5 Å². The van der Waals surface area contributed by atoms with Crippen LogP contribution in [0.4, 0.5) is 0 Å². The van der Waals surface area contributed by atoms with Crippen LogP contribution >= 0.6 is 0 Å². The van der Waals surface area contributed by atoms with Gasteiger partial charge in [0.2, 0.25) is 0 Å². The van der Waals surface area contributed by atoms with E-state index < -0.39 is 0 Å². The van der Waals surface area contributed by atoms with Gasteiger partial charge in [0.15, 0.2) is 0 Å². The Kier molecular flexibility index (Phi) is 9.26. The molecule has 1 saturated carbocycles. The average molecular weight is 296 g/mol. The van der Waals surface area contributed by atoms with E-state index in [1.54, 1.807) is 0 Å². The Morgan fingerprint density at radius 2 is 2.05 bits per heavy atom. The minimum atomic E-state index is 0.199. The number of ether oxygens (including phenoxy) is 1. The molecule has 0 amide bonds. The molecule has 1 rings (SSSR count). The van der Waals surface area contributed by atoms with Gasteiger partial charge in [-0.2, -0.15) is 0 Å². The van der Waals surface area contributed by atoms with Gasteiger partial charge in [0.25, 0.3) is 0 Å². The van der Waals surface area contributed by atoms with Crippen LogP contribution in [-0.4, -0.2) is 19.3 Å². The van der Waals surface area contributed by atoms with Crippen LogP contribution in [0, 0.1) is 23.7 Å². The van der Waals surface area contributed by atoms with Crippen molar-refractivity contribution < 1.29 is 4.74 Å². The summed E-state index contributed by atoms with van der Waals surface area (Å²) in [6.45, 7) is 12.6. The molecule has 0 aromatic heterocycles. The van der Waals surface area contributed by atoms with E-state index in [2.05, 4.69) is 27.4 Å². The zero-order chi connectivity index (χ0) is 15.7. The molecule has 0 aliphatic heterocycles. The normalized spacial score (nSPS) is 27.0. The molecule has 0 spiro atoms. The molecule has 124 valence electrons. The van der Waals surface area contributed by atoms with Crippen LogP contribution in [0.25, 0.3) is 0 Å². The molecule has 1 aliphatic carbocycles. The maximum absolute atomic E-state index is 6.21. The van der Waals surface area contributed by atoms with Crippen molar-refractivity contribution in [2.45, 2.75) is 71.8 Å². The molecule has 2 N–H and O–H groups in total. The Balaban J connectivity index is 2.43. The summed E-state index contributed by atoms with van der Waals surface area (Å²) in [5.41, 5.74) is 5.86. The summed E-state index contributed by atoms with van der Waals surface area (Å²) in [5, 5.41) is 0. The molecule has 4 unspecified atom stereocenters. The molecule has 21 heavy (non-hydrogen) atoms. The van der Waals surface area contributed by atoms with Crippen LogP contribution in [0.3, 0.4) is 0 Å². The van der Waals surface area contributed by atoms with Crippen molar-refractivity contribution in [1.29, 1.82) is 0 Å². The van der Waals surface area contributed by atoms with Crippen LogP contribution in [0.15, 0.2) is 12.7 Å². The lowest BCUT2D eigenvalue weighted by Crippen LogP contribution is -2.28. The first-order valence-corrected chi connectivity index (χ1v) is 9.06. The molecule has 1 fully saturated rings. The van der Waals surface area contributed by atoms with Gasteiger partial charge in [0.1, 0.15) is 0 Å². The molecule has 5 atom stereocenters. The number of nitrogens with two attached hydrogens (primary N) is 1. The van der Waals surface area contributed by atoms with Gasteiger partial charge in [-0.3, -0.25) is 0 Å². The maximum atomic E-state index is 6.21. The topological polar surface area (TPSA) is 35.2 Å². The smallest absolute Gasteiger partial charge is 0.0756 e. The van der Waals surface area contributed by atoms with Gasteiger partial charge in [0, 0.05) is 0 Å². The van der Waals surface area contributed by atoms with Crippen molar-refractivity contribution in [1.82, 2.24) is 0 Å². The Labute approximate surface area is 132 Å². The molecule has 0 radical (unpaired) electrons. The van der Waals surface area contributed by atoms with E-state index in [4.69, 9.17) is 10.5 Å². The van der Waals surface area contributed by atoms with Crippen molar-refractivity contribution in [3.63, 3.8) is 0 Å². The summed E-state index contributed by atoms with van der Waals surface area (Å²) in [6.07, 6.45) is 11.2. The van der Waals surface area contributed by atoms with Crippen molar-refractivity contribution >= 4 is 0 Å². The summed E-state index contributed by atoms with van der Waals surface area (Å²) in [6, 6.07) is 0. The highest BCUT2D eigenvalue weighted by molar-refractivity contribution is 4.85. The summed E-state index contributed by atoms with van der Waals surface area (Å²) in [4.78, 5) is 0. The predicted octanol–water partition coefficient (Wildman–Crippen LogP) is 4.79. The van der Waals surface area contributed by atoms with Gasteiger partial charge in [-0.25, -0.2) is 0 Å². The quantitative estimate of drug-likeness (QED) is 0.588. The highest BCUT2D eigenvalue weighted by atomic mass is 16.5. The van der Waals surface area contributed by atoms with Crippen molar-refractivity contribution in [3.8, 4) is 0 Å². The van der Waals surface area contributed by atoms with E-state index in [-0.39, 0.29) is 6.10 Å². The fourth-order valence-corrected chi connectivity index (χ4v) is 3.62. The van der Waals surface area contributed by atoms with Crippen LogP contribution in [0.1, 0.15) is 65.7 Å². The van der Waals surface area contributed by atoms with Gasteiger partial charge in [-0.1, -0.05) is 59.0 Å². The second-order valence-corrected chi connectivity index (χ2v) is 7.13. The van der Waals surface area contributed by atoms with Crippen LogP contribution in [0.5, 0.6) is 0 Å². The first-order valence-electron chi connectivity index (χ1n) is 9.06. The molecule has 0 saturated heterocycles. The fraction of sp³-hybridized carbons (Fsp3) is 0.895. The second kappa shape index (κ2) is 10.4. The lowest BCUT2D eigenvalue weighted by atomic mass is 9.81. The van der Waals surface area contributed by atoms with Crippen LogP contribution in [-0.2, 0) is 4.74 Å². The number of hydrogen-bond acceptors (Lipinski definition) is 2. The third kappa shape index (κ3) is 6.52. The third-order valence-corrected chi connectivity index (χ3v) is 5.45. The molecule has 1 aliphatic rings. The molecular weight excluding hydrogens is 258 g/mol. The second-order valence-electron chi connectivity index (χ2n) is 7.13. The fourth-order valence-electron chi connectivity index (χ4n) is 3.62. The largest absolute Gasteiger partial charge is 0.374 e. The monoisotopic (exact) mass is 295 g/mol. The SMILES string of the molecule is C=CC(CC(CCC)[C@@H](C)CN)OCC1CCCCC1C. The zero-order valence-electron chi connectivity index (χ0n) is 14.5. The predicted molar refractivity (Wildman–Crippen MR) is 92.3 cm³/mol. The van der Waals surface area contributed by atoms with Gasteiger partial charge >= 0.3 is 0 Å². The number of rotatable bonds is 10. The highest BCUT2D eigenvalue weighted by Gasteiger charge is 2.24. The molecule has 0 aromatic carbocycles. The van der Waals surface area contributed by atoms with Gasteiger partial charge in [-0.15, -0.1) is 6.58 Å². The lowest BCUT2D eigenvalue weighted by molar-refractivity contribution is 0.0149. The lowest BCUT2D eigenvalue weighted by Gasteiger charge is -2.31.